The van der Waals surface area contributed by atoms with Crippen molar-refractivity contribution in [3.05, 3.63) is 146 Å². The fourth-order valence-corrected chi connectivity index (χ4v) is 6.16. The van der Waals surface area contributed by atoms with Gasteiger partial charge in [-0.05, 0) is 36.4 Å². The summed E-state index contributed by atoms with van der Waals surface area (Å²) in [7, 11) is 0. The standard InChI is InChI=1S/C36H24N2.2H2/c1-7-19-31-25(13-1)26-14-2-8-20-32(26)37(31)35-23-11-5-17-29(35)30-18-6-12-24-36(30)38-33-21-9-3-15-27(33)28-16-4-10-22-34(28)38;;/h1-24H;2*1H. The number of hydrogen-bond donors (Lipinski definition) is 0. The summed E-state index contributed by atoms with van der Waals surface area (Å²) in [4.78, 5) is 0. The van der Waals surface area contributed by atoms with Gasteiger partial charge in [-0.2, -0.15) is 0 Å². The smallest absolute Gasteiger partial charge is 0.0541 e. The Labute approximate surface area is 223 Å². The van der Waals surface area contributed by atoms with Crippen LogP contribution in [0.15, 0.2) is 146 Å². The Morgan fingerprint density at radius 3 is 0.895 bits per heavy atom. The normalized spacial score (nSPS) is 11.7. The van der Waals surface area contributed by atoms with Crippen LogP contribution in [0.1, 0.15) is 2.85 Å². The van der Waals surface area contributed by atoms with E-state index in [2.05, 4.69) is 155 Å². The molecule has 2 heterocycles. The minimum Gasteiger partial charge on any atom is -0.309 e. The number of fused-ring (bicyclic) bond motifs is 6. The van der Waals surface area contributed by atoms with Crippen molar-refractivity contribution in [3.63, 3.8) is 0 Å². The number of aromatic nitrogens is 2. The lowest BCUT2D eigenvalue weighted by atomic mass is 10.0. The van der Waals surface area contributed by atoms with Gasteiger partial charge in [-0.15, -0.1) is 0 Å². The number of benzene rings is 6. The first-order valence-electron chi connectivity index (χ1n) is 13.1. The van der Waals surface area contributed by atoms with Crippen molar-refractivity contribution in [2.75, 3.05) is 0 Å². The second-order valence-electron chi connectivity index (χ2n) is 9.77. The Kier molecular flexibility index (Phi) is 4.55. The average molecular weight is 489 g/mol. The van der Waals surface area contributed by atoms with Gasteiger partial charge >= 0.3 is 0 Å². The van der Waals surface area contributed by atoms with E-state index in [1.807, 2.05) is 0 Å². The molecule has 0 aliphatic heterocycles. The van der Waals surface area contributed by atoms with Gasteiger partial charge in [0.1, 0.15) is 0 Å². The van der Waals surface area contributed by atoms with E-state index in [0.717, 1.165) is 0 Å². The van der Waals surface area contributed by atoms with Crippen LogP contribution in [0.25, 0.3) is 66.1 Å². The van der Waals surface area contributed by atoms with E-state index in [-0.39, 0.29) is 2.85 Å². The highest BCUT2D eigenvalue weighted by molar-refractivity contribution is 6.11. The van der Waals surface area contributed by atoms with E-state index in [1.165, 1.54) is 66.1 Å². The van der Waals surface area contributed by atoms with Crippen LogP contribution in [0.2, 0.25) is 0 Å². The summed E-state index contributed by atoms with van der Waals surface area (Å²) in [6.45, 7) is 0. The summed E-state index contributed by atoms with van der Waals surface area (Å²) in [5, 5.41) is 5.09. The molecule has 0 unspecified atom stereocenters. The third-order valence-electron chi connectivity index (χ3n) is 7.74. The molecular formula is C36H28N2. The summed E-state index contributed by atoms with van der Waals surface area (Å²) in [6, 6.07) is 52.4. The number of para-hydroxylation sites is 6. The van der Waals surface area contributed by atoms with Crippen LogP contribution in [-0.4, -0.2) is 9.13 Å². The summed E-state index contributed by atoms with van der Waals surface area (Å²) >= 11 is 0. The van der Waals surface area contributed by atoms with Crippen molar-refractivity contribution in [1.82, 2.24) is 9.13 Å². The molecule has 0 saturated heterocycles. The maximum Gasteiger partial charge on any atom is 0.0541 e. The van der Waals surface area contributed by atoms with Crippen LogP contribution in [0.3, 0.4) is 0 Å². The van der Waals surface area contributed by atoms with E-state index in [9.17, 15) is 0 Å². The molecule has 0 N–H and O–H groups in total. The molecule has 38 heavy (non-hydrogen) atoms. The molecule has 0 amide bonds. The Morgan fingerprint density at radius 2 is 0.553 bits per heavy atom. The molecule has 0 aliphatic rings. The highest BCUT2D eigenvalue weighted by Gasteiger charge is 2.19. The van der Waals surface area contributed by atoms with E-state index in [0.29, 0.717) is 0 Å². The highest BCUT2D eigenvalue weighted by atomic mass is 15.0. The average Bonchev–Trinajstić information content (AvgIpc) is 3.50. The second-order valence-corrected chi connectivity index (χ2v) is 9.77. The lowest BCUT2D eigenvalue weighted by molar-refractivity contribution is 1.16. The zero-order valence-corrected chi connectivity index (χ0v) is 20.8. The summed E-state index contributed by atoms with van der Waals surface area (Å²) in [6.07, 6.45) is 0. The summed E-state index contributed by atoms with van der Waals surface area (Å²) in [5.74, 6) is 0. The van der Waals surface area contributed by atoms with Crippen molar-refractivity contribution < 1.29 is 2.85 Å². The lowest BCUT2D eigenvalue weighted by Crippen LogP contribution is -2.01. The van der Waals surface area contributed by atoms with Crippen LogP contribution in [-0.2, 0) is 0 Å². The molecule has 0 bridgehead atoms. The lowest BCUT2D eigenvalue weighted by Gasteiger charge is -2.18. The Balaban J connectivity index is 0.00000145. The van der Waals surface area contributed by atoms with Crippen molar-refractivity contribution in [2.45, 2.75) is 0 Å². The molecule has 8 rings (SSSR count). The zero-order valence-electron chi connectivity index (χ0n) is 20.8. The minimum absolute atomic E-state index is 0. The Bertz CT molecular complexity index is 1890. The molecule has 0 aliphatic carbocycles. The third kappa shape index (κ3) is 2.95. The molecule has 182 valence electrons. The molecule has 8 aromatic rings. The minimum atomic E-state index is 0. The fourth-order valence-electron chi connectivity index (χ4n) is 6.16. The zero-order chi connectivity index (χ0) is 25.1. The highest BCUT2D eigenvalue weighted by Crippen LogP contribution is 2.40. The van der Waals surface area contributed by atoms with E-state index >= 15 is 0 Å². The van der Waals surface area contributed by atoms with Gasteiger partial charge in [0.15, 0.2) is 0 Å². The number of hydrogen-bond acceptors (Lipinski definition) is 0. The molecule has 6 aromatic carbocycles. The third-order valence-corrected chi connectivity index (χ3v) is 7.74. The van der Waals surface area contributed by atoms with Gasteiger partial charge in [-0.1, -0.05) is 109 Å². The Hall–Kier alpha value is -5.08. The Morgan fingerprint density at radius 1 is 0.289 bits per heavy atom. The van der Waals surface area contributed by atoms with Gasteiger partial charge in [0.2, 0.25) is 0 Å². The van der Waals surface area contributed by atoms with Crippen LogP contribution < -0.4 is 0 Å². The molecule has 2 heteroatoms. The molecule has 2 aromatic heterocycles. The van der Waals surface area contributed by atoms with Gasteiger partial charge in [0.25, 0.3) is 0 Å². The monoisotopic (exact) mass is 488 g/mol. The van der Waals surface area contributed by atoms with Crippen molar-refractivity contribution in [3.8, 4) is 22.5 Å². The predicted octanol–water partition coefficient (Wildman–Crippen LogP) is 10.0. The number of rotatable bonds is 3. The number of nitrogens with zero attached hydrogens (tertiary/aromatic N) is 2. The maximum atomic E-state index is 2.42. The van der Waals surface area contributed by atoms with Gasteiger partial charge in [0, 0.05) is 35.5 Å². The molecule has 0 spiro atoms. The van der Waals surface area contributed by atoms with Gasteiger partial charge in [-0.3, -0.25) is 0 Å². The molecule has 2 nitrogen and oxygen atoms in total. The van der Waals surface area contributed by atoms with Crippen molar-refractivity contribution in [2.24, 2.45) is 0 Å². The van der Waals surface area contributed by atoms with Crippen molar-refractivity contribution >= 4 is 43.6 Å². The first-order valence-corrected chi connectivity index (χ1v) is 13.1. The van der Waals surface area contributed by atoms with E-state index < -0.39 is 0 Å². The van der Waals surface area contributed by atoms with Crippen LogP contribution in [0, 0.1) is 0 Å². The van der Waals surface area contributed by atoms with Crippen molar-refractivity contribution in [1.29, 1.82) is 0 Å². The molecule has 0 fully saturated rings. The van der Waals surface area contributed by atoms with Crippen LogP contribution >= 0.6 is 0 Å². The van der Waals surface area contributed by atoms with Gasteiger partial charge in [-0.25, -0.2) is 0 Å². The molecule has 0 atom stereocenters. The van der Waals surface area contributed by atoms with Crippen LogP contribution in [0.4, 0.5) is 0 Å². The fraction of sp³-hybridized carbons (Fsp3) is 0. The molecular weight excluding hydrogens is 460 g/mol. The quantitative estimate of drug-likeness (QED) is 0.234. The molecule has 0 radical (unpaired) electrons. The largest absolute Gasteiger partial charge is 0.309 e. The van der Waals surface area contributed by atoms with Gasteiger partial charge in [0.05, 0.1) is 33.4 Å². The second kappa shape index (κ2) is 8.22. The SMILES string of the molecule is [HH].[HH].c1ccc(-n2c3ccccc3c3ccccc32)c(-c2ccccc2-n2c3ccccc3c3ccccc32)c1. The van der Waals surface area contributed by atoms with E-state index in [1.54, 1.807) is 0 Å². The summed E-state index contributed by atoms with van der Waals surface area (Å²) in [5.41, 5.74) is 9.64. The van der Waals surface area contributed by atoms with Gasteiger partial charge < -0.3 is 9.13 Å². The first kappa shape index (κ1) is 21.0. The maximum absolute atomic E-state index is 2.42. The van der Waals surface area contributed by atoms with Crippen LogP contribution in [0.5, 0.6) is 0 Å². The van der Waals surface area contributed by atoms with E-state index in [4.69, 9.17) is 0 Å². The predicted molar refractivity (Wildman–Crippen MR) is 165 cm³/mol. The molecule has 0 saturated carbocycles. The topological polar surface area (TPSA) is 9.86 Å². The summed E-state index contributed by atoms with van der Waals surface area (Å²) < 4.78 is 4.84. The first-order chi connectivity index (χ1) is 18.9.